The number of nitrogens with one attached hydrogen (secondary N) is 1. The van der Waals surface area contributed by atoms with E-state index in [9.17, 15) is 8.42 Å². The van der Waals surface area contributed by atoms with E-state index < -0.39 is 10.0 Å². The van der Waals surface area contributed by atoms with Crippen molar-refractivity contribution in [2.45, 2.75) is 6.92 Å². The van der Waals surface area contributed by atoms with Gasteiger partial charge >= 0.3 is 0 Å². The van der Waals surface area contributed by atoms with Gasteiger partial charge in [0, 0.05) is 31.4 Å². The summed E-state index contributed by atoms with van der Waals surface area (Å²) in [6.45, 7) is 4.01. The maximum atomic E-state index is 12.0. The van der Waals surface area contributed by atoms with E-state index in [4.69, 9.17) is 4.74 Å². The molecule has 0 unspecified atom stereocenters. The summed E-state index contributed by atoms with van der Waals surface area (Å²) in [6.07, 6.45) is 1.45. The SMILES string of the molecule is Cc1cc(NCCS(=O)(=O)N2CCOCC2)ncn1. The Hall–Kier alpha value is -1.25. The van der Waals surface area contributed by atoms with Gasteiger partial charge in [-0.3, -0.25) is 0 Å². The number of hydrogen-bond acceptors (Lipinski definition) is 6. The summed E-state index contributed by atoms with van der Waals surface area (Å²) in [5.41, 5.74) is 0.841. The number of aromatic nitrogens is 2. The van der Waals surface area contributed by atoms with Crippen molar-refractivity contribution in [1.82, 2.24) is 14.3 Å². The lowest BCUT2D eigenvalue weighted by atomic mass is 10.4. The molecule has 1 aromatic heterocycles. The number of aryl methyl sites for hydroxylation is 1. The fraction of sp³-hybridized carbons (Fsp3) is 0.636. The minimum Gasteiger partial charge on any atom is -0.379 e. The predicted octanol–water partition coefficient (Wildman–Crippen LogP) is -0.141. The van der Waals surface area contributed by atoms with E-state index in [1.807, 2.05) is 6.92 Å². The second kappa shape index (κ2) is 6.27. The summed E-state index contributed by atoms with van der Waals surface area (Å²) in [4.78, 5) is 8.00. The Morgan fingerprint density at radius 3 is 2.79 bits per heavy atom. The Bertz CT molecular complexity index is 514. The van der Waals surface area contributed by atoms with Crippen LogP contribution in [0, 0.1) is 6.92 Å². The average Bonchev–Trinajstić information content (AvgIpc) is 2.40. The van der Waals surface area contributed by atoms with Crippen molar-refractivity contribution in [2.75, 3.05) is 43.9 Å². The first-order chi connectivity index (χ1) is 9.08. The predicted molar refractivity (Wildman–Crippen MR) is 71.4 cm³/mol. The van der Waals surface area contributed by atoms with E-state index in [1.54, 1.807) is 6.07 Å². The first-order valence-electron chi connectivity index (χ1n) is 6.16. The molecule has 1 N–H and O–H groups in total. The first-order valence-corrected chi connectivity index (χ1v) is 7.77. The van der Waals surface area contributed by atoms with Crippen molar-refractivity contribution in [3.05, 3.63) is 18.1 Å². The van der Waals surface area contributed by atoms with Gasteiger partial charge in [-0.15, -0.1) is 0 Å². The van der Waals surface area contributed by atoms with Crippen LogP contribution in [0.2, 0.25) is 0 Å². The summed E-state index contributed by atoms with van der Waals surface area (Å²) in [5, 5.41) is 2.99. The maximum absolute atomic E-state index is 12.0. The summed E-state index contributed by atoms with van der Waals surface area (Å²) >= 11 is 0. The molecule has 1 saturated heterocycles. The molecule has 1 aromatic rings. The van der Waals surface area contributed by atoms with Crippen LogP contribution in [0.3, 0.4) is 0 Å². The lowest BCUT2D eigenvalue weighted by Gasteiger charge is -2.26. The summed E-state index contributed by atoms with van der Waals surface area (Å²) in [7, 11) is -3.22. The van der Waals surface area contributed by atoms with Gasteiger partial charge in [-0.2, -0.15) is 4.31 Å². The number of morpholine rings is 1. The fourth-order valence-electron chi connectivity index (χ4n) is 1.81. The number of rotatable bonds is 5. The molecular formula is C11H18N4O3S. The molecule has 0 amide bonds. The van der Waals surface area contributed by atoms with Crippen LogP contribution < -0.4 is 5.32 Å². The smallest absolute Gasteiger partial charge is 0.215 e. The normalized spacial score (nSPS) is 17.3. The molecule has 0 aromatic carbocycles. The Balaban J connectivity index is 1.84. The molecule has 0 radical (unpaired) electrons. The van der Waals surface area contributed by atoms with E-state index >= 15 is 0 Å². The van der Waals surface area contributed by atoms with Gasteiger partial charge < -0.3 is 10.1 Å². The molecule has 2 rings (SSSR count). The molecular weight excluding hydrogens is 268 g/mol. The van der Waals surface area contributed by atoms with Crippen LogP contribution in [0.25, 0.3) is 0 Å². The highest BCUT2D eigenvalue weighted by Gasteiger charge is 2.23. The van der Waals surface area contributed by atoms with Crippen LogP contribution in [0.5, 0.6) is 0 Å². The third-order valence-electron chi connectivity index (χ3n) is 2.83. The van der Waals surface area contributed by atoms with Crippen LogP contribution >= 0.6 is 0 Å². The highest BCUT2D eigenvalue weighted by Crippen LogP contribution is 2.07. The topological polar surface area (TPSA) is 84.4 Å². The lowest BCUT2D eigenvalue weighted by Crippen LogP contribution is -2.42. The molecule has 19 heavy (non-hydrogen) atoms. The third-order valence-corrected chi connectivity index (χ3v) is 4.71. The van der Waals surface area contributed by atoms with Crippen molar-refractivity contribution < 1.29 is 13.2 Å². The fourth-order valence-corrected chi connectivity index (χ4v) is 3.14. The van der Waals surface area contributed by atoms with Crippen molar-refractivity contribution in [1.29, 1.82) is 0 Å². The van der Waals surface area contributed by atoms with E-state index in [2.05, 4.69) is 15.3 Å². The zero-order valence-electron chi connectivity index (χ0n) is 10.9. The van der Waals surface area contributed by atoms with Crippen LogP contribution in [0.15, 0.2) is 12.4 Å². The van der Waals surface area contributed by atoms with E-state index in [1.165, 1.54) is 10.6 Å². The second-order valence-corrected chi connectivity index (χ2v) is 6.39. The molecule has 8 heteroatoms. The molecule has 1 aliphatic rings. The molecule has 1 aliphatic heterocycles. The van der Waals surface area contributed by atoms with Crippen molar-refractivity contribution in [2.24, 2.45) is 0 Å². The summed E-state index contributed by atoms with van der Waals surface area (Å²) < 4.78 is 30.7. The van der Waals surface area contributed by atoms with Crippen LogP contribution in [0.1, 0.15) is 5.69 Å². The zero-order valence-corrected chi connectivity index (χ0v) is 11.7. The molecule has 1 fully saturated rings. The largest absolute Gasteiger partial charge is 0.379 e. The van der Waals surface area contributed by atoms with Crippen molar-refractivity contribution >= 4 is 15.8 Å². The minimum atomic E-state index is -3.22. The van der Waals surface area contributed by atoms with Crippen molar-refractivity contribution in [3.63, 3.8) is 0 Å². The second-order valence-electron chi connectivity index (χ2n) is 4.30. The lowest BCUT2D eigenvalue weighted by molar-refractivity contribution is 0.0731. The van der Waals surface area contributed by atoms with Gasteiger partial charge in [0.1, 0.15) is 12.1 Å². The van der Waals surface area contributed by atoms with Gasteiger partial charge in [0.05, 0.1) is 19.0 Å². The van der Waals surface area contributed by atoms with E-state index in [0.717, 1.165) is 5.69 Å². The van der Waals surface area contributed by atoms with Crippen molar-refractivity contribution in [3.8, 4) is 0 Å². The molecule has 0 saturated carbocycles. The molecule has 2 heterocycles. The molecule has 0 aliphatic carbocycles. The highest BCUT2D eigenvalue weighted by molar-refractivity contribution is 7.89. The van der Waals surface area contributed by atoms with Gasteiger partial charge in [-0.1, -0.05) is 0 Å². The number of anilines is 1. The number of nitrogens with zero attached hydrogens (tertiary/aromatic N) is 3. The Kier molecular flexibility index (Phi) is 4.67. The summed E-state index contributed by atoms with van der Waals surface area (Å²) in [6, 6.07) is 1.78. The molecule has 7 nitrogen and oxygen atoms in total. The average molecular weight is 286 g/mol. The van der Waals surface area contributed by atoms with E-state index in [0.29, 0.717) is 38.7 Å². The Morgan fingerprint density at radius 1 is 1.37 bits per heavy atom. The highest BCUT2D eigenvalue weighted by atomic mass is 32.2. The van der Waals surface area contributed by atoms with Crippen LogP contribution in [-0.2, 0) is 14.8 Å². The van der Waals surface area contributed by atoms with Gasteiger partial charge in [-0.25, -0.2) is 18.4 Å². The summed E-state index contributed by atoms with van der Waals surface area (Å²) in [5.74, 6) is 0.695. The minimum absolute atomic E-state index is 0.0516. The zero-order chi connectivity index (χ0) is 13.7. The first kappa shape index (κ1) is 14.2. The van der Waals surface area contributed by atoms with Gasteiger partial charge in [0.25, 0.3) is 0 Å². The monoisotopic (exact) mass is 286 g/mol. The van der Waals surface area contributed by atoms with E-state index in [-0.39, 0.29) is 5.75 Å². The maximum Gasteiger partial charge on any atom is 0.215 e. The standard InChI is InChI=1S/C11H18N4O3S/c1-10-8-11(14-9-13-10)12-2-7-19(16,17)15-3-5-18-6-4-15/h8-9H,2-7H2,1H3,(H,12,13,14). The van der Waals surface area contributed by atoms with Gasteiger partial charge in [-0.05, 0) is 6.92 Å². The Morgan fingerprint density at radius 2 is 2.11 bits per heavy atom. The molecule has 0 bridgehead atoms. The van der Waals surface area contributed by atoms with Gasteiger partial charge in [0.2, 0.25) is 10.0 Å². The molecule has 0 spiro atoms. The van der Waals surface area contributed by atoms with Crippen LogP contribution in [0.4, 0.5) is 5.82 Å². The number of hydrogen-bond donors (Lipinski definition) is 1. The number of ether oxygens (including phenoxy) is 1. The number of sulfonamides is 1. The van der Waals surface area contributed by atoms with Crippen LogP contribution in [-0.4, -0.2) is 61.3 Å². The third kappa shape index (κ3) is 4.12. The molecule has 0 atom stereocenters. The molecule has 106 valence electrons. The quantitative estimate of drug-likeness (QED) is 0.811. The Labute approximate surface area is 113 Å². The van der Waals surface area contributed by atoms with Gasteiger partial charge in [0.15, 0.2) is 0 Å².